The first-order valence-electron chi connectivity index (χ1n) is 8.24. The van der Waals surface area contributed by atoms with Crippen LogP contribution in [0.15, 0.2) is 47.4 Å². The van der Waals surface area contributed by atoms with Crippen LogP contribution < -0.4 is 5.32 Å². The maximum atomic E-state index is 13.6. The standard InChI is InChI=1S/C19H23FN2O3S/c1-13(2)22(4)26(24,25)17-7-5-6-16(11-17)19(23)21-12-15-9-8-14(3)18(20)10-15/h5-11,13H,12H2,1-4H3,(H,21,23). The molecule has 0 spiro atoms. The van der Waals surface area contributed by atoms with Crippen molar-refractivity contribution in [2.75, 3.05) is 7.05 Å². The molecule has 1 amide bonds. The summed E-state index contributed by atoms with van der Waals surface area (Å²) in [5.74, 6) is -0.753. The Balaban J connectivity index is 2.16. The van der Waals surface area contributed by atoms with Gasteiger partial charge in [0, 0.05) is 25.2 Å². The molecule has 0 bridgehead atoms. The van der Waals surface area contributed by atoms with Crippen molar-refractivity contribution in [1.29, 1.82) is 0 Å². The summed E-state index contributed by atoms with van der Waals surface area (Å²) in [6, 6.07) is 10.4. The predicted molar refractivity (Wildman–Crippen MR) is 98.8 cm³/mol. The topological polar surface area (TPSA) is 66.5 Å². The van der Waals surface area contributed by atoms with Crippen LogP contribution >= 0.6 is 0 Å². The lowest BCUT2D eigenvalue weighted by atomic mass is 10.1. The average Bonchev–Trinajstić information content (AvgIpc) is 2.61. The van der Waals surface area contributed by atoms with Gasteiger partial charge in [-0.3, -0.25) is 4.79 Å². The van der Waals surface area contributed by atoms with Crippen LogP contribution in [0.3, 0.4) is 0 Å². The van der Waals surface area contributed by atoms with E-state index in [1.54, 1.807) is 39.0 Å². The van der Waals surface area contributed by atoms with Crippen molar-refractivity contribution in [2.24, 2.45) is 0 Å². The number of rotatable bonds is 6. The molecule has 0 radical (unpaired) electrons. The zero-order valence-corrected chi connectivity index (χ0v) is 16.1. The number of nitrogens with zero attached hydrogens (tertiary/aromatic N) is 1. The van der Waals surface area contributed by atoms with Gasteiger partial charge < -0.3 is 5.32 Å². The van der Waals surface area contributed by atoms with E-state index in [1.165, 1.54) is 35.6 Å². The number of aryl methyl sites for hydroxylation is 1. The van der Waals surface area contributed by atoms with Gasteiger partial charge in [-0.1, -0.05) is 18.2 Å². The Bertz CT molecular complexity index is 911. The molecule has 0 aliphatic rings. The summed E-state index contributed by atoms with van der Waals surface area (Å²) in [5, 5.41) is 2.68. The molecule has 0 aliphatic carbocycles. The van der Waals surface area contributed by atoms with E-state index in [2.05, 4.69) is 5.32 Å². The minimum atomic E-state index is -3.67. The van der Waals surface area contributed by atoms with Gasteiger partial charge in [0.1, 0.15) is 5.82 Å². The number of carbonyl (C=O) groups is 1. The van der Waals surface area contributed by atoms with Gasteiger partial charge in [-0.2, -0.15) is 4.31 Å². The Morgan fingerprint density at radius 3 is 2.50 bits per heavy atom. The summed E-state index contributed by atoms with van der Waals surface area (Å²) in [5.41, 5.74) is 1.40. The Morgan fingerprint density at radius 2 is 1.88 bits per heavy atom. The van der Waals surface area contributed by atoms with Gasteiger partial charge in [0.15, 0.2) is 0 Å². The summed E-state index contributed by atoms with van der Waals surface area (Å²) in [7, 11) is -2.17. The Morgan fingerprint density at radius 1 is 1.19 bits per heavy atom. The molecule has 0 unspecified atom stereocenters. The molecule has 0 saturated carbocycles. The smallest absolute Gasteiger partial charge is 0.251 e. The number of nitrogens with one attached hydrogen (secondary N) is 1. The fourth-order valence-electron chi connectivity index (χ4n) is 2.27. The first kappa shape index (κ1) is 20.1. The fraction of sp³-hybridized carbons (Fsp3) is 0.316. The van der Waals surface area contributed by atoms with Gasteiger partial charge in [0.25, 0.3) is 5.91 Å². The van der Waals surface area contributed by atoms with Gasteiger partial charge in [-0.05, 0) is 56.2 Å². The first-order valence-corrected chi connectivity index (χ1v) is 9.68. The van der Waals surface area contributed by atoms with Crippen molar-refractivity contribution < 1.29 is 17.6 Å². The van der Waals surface area contributed by atoms with Gasteiger partial charge >= 0.3 is 0 Å². The van der Waals surface area contributed by atoms with Gasteiger partial charge in [-0.25, -0.2) is 12.8 Å². The third-order valence-electron chi connectivity index (χ3n) is 4.19. The molecule has 2 aromatic carbocycles. The lowest BCUT2D eigenvalue weighted by Gasteiger charge is -2.21. The van der Waals surface area contributed by atoms with E-state index in [0.29, 0.717) is 11.1 Å². The molecular formula is C19H23FN2O3S. The van der Waals surface area contributed by atoms with Crippen LogP contribution in [0.5, 0.6) is 0 Å². The second-order valence-corrected chi connectivity index (χ2v) is 8.41. The lowest BCUT2D eigenvalue weighted by molar-refractivity contribution is 0.0950. The van der Waals surface area contributed by atoms with Crippen molar-refractivity contribution in [3.05, 3.63) is 65.0 Å². The van der Waals surface area contributed by atoms with Crippen LogP contribution in [0.4, 0.5) is 4.39 Å². The minimum absolute atomic E-state index is 0.0581. The van der Waals surface area contributed by atoms with Gasteiger partial charge in [-0.15, -0.1) is 0 Å². The van der Waals surface area contributed by atoms with E-state index in [4.69, 9.17) is 0 Å². The number of carbonyl (C=O) groups excluding carboxylic acids is 1. The molecule has 7 heteroatoms. The Hall–Kier alpha value is -2.25. The second kappa shape index (κ2) is 7.97. The molecule has 26 heavy (non-hydrogen) atoms. The third kappa shape index (κ3) is 4.47. The van der Waals surface area contributed by atoms with Crippen LogP contribution in [0.25, 0.3) is 0 Å². The van der Waals surface area contributed by atoms with E-state index in [-0.39, 0.29) is 28.9 Å². The molecule has 2 rings (SSSR count). The highest BCUT2D eigenvalue weighted by Crippen LogP contribution is 2.18. The van der Waals surface area contributed by atoms with E-state index in [1.807, 2.05) is 0 Å². The van der Waals surface area contributed by atoms with Crippen molar-refractivity contribution in [3.8, 4) is 0 Å². The zero-order chi connectivity index (χ0) is 19.5. The minimum Gasteiger partial charge on any atom is -0.348 e. The maximum absolute atomic E-state index is 13.6. The van der Waals surface area contributed by atoms with Crippen LogP contribution in [0, 0.1) is 12.7 Å². The summed E-state index contributed by atoms with van der Waals surface area (Å²) >= 11 is 0. The largest absolute Gasteiger partial charge is 0.348 e. The van der Waals surface area contributed by atoms with Crippen molar-refractivity contribution >= 4 is 15.9 Å². The van der Waals surface area contributed by atoms with Crippen molar-refractivity contribution in [2.45, 2.75) is 38.3 Å². The highest BCUT2D eigenvalue weighted by atomic mass is 32.2. The molecular weight excluding hydrogens is 355 g/mol. The second-order valence-electron chi connectivity index (χ2n) is 6.41. The number of hydrogen-bond acceptors (Lipinski definition) is 3. The van der Waals surface area contributed by atoms with Crippen LogP contribution in [0.2, 0.25) is 0 Å². The van der Waals surface area contributed by atoms with E-state index in [0.717, 1.165) is 0 Å². The quantitative estimate of drug-likeness (QED) is 0.840. The maximum Gasteiger partial charge on any atom is 0.251 e. The molecule has 1 N–H and O–H groups in total. The van der Waals surface area contributed by atoms with E-state index < -0.39 is 15.9 Å². The molecule has 0 saturated heterocycles. The summed E-state index contributed by atoms with van der Waals surface area (Å²) in [6.45, 7) is 5.36. The van der Waals surface area contributed by atoms with Crippen LogP contribution in [-0.2, 0) is 16.6 Å². The normalized spacial score (nSPS) is 11.8. The van der Waals surface area contributed by atoms with Gasteiger partial charge in [0.05, 0.1) is 4.90 Å². The van der Waals surface area contributed by atoms with E-state index >= 15 is 0 Å². The summed E-state index contributed by atoms with van der Waals surface area (Å²) in [6.07, 6.45) is 0. The highest BCUT2D eigenvalue weighted by molar-refractivity contribution is 7.89. The van der Waals surface area contributed by atoms with Crippen LogP contribution in [0.1, 0.15) is 35.3 Å². The third-order valence-corrected chi connectivity index (χ3v) is 6.22. The van der Waals surface area contributed by atoms with Crippen LogP contribution in [-0.4, -0.2) is 31.7 Å². The summed E-state index contributed by atoms with van der Waals surface area (Å²) in [4.78, 5) is 12.4. The predicted octanol–water partition coefficient (Wildman–Crippen LogP) is 3.09. The number of halogens is 1. The highest BCUT2D eigenvalue weighted by Gasteiger charge is 2.23. The molecule has 0 atom stereocenters. The Kier molecular flexibility index (Phi) is 6.15. The molecule has 0 fully saturated rings. The molecule has 0 aliphatic heterocycles. The molecule has 140 valence electrons. The molecule has 0 aromatic heterocycles. The number of benzene rings is 2. The van der Waals surface area contributed by atoms with Crippen molar-refractivity contribution in [1.82, 2.24) is 9.62 Å². The number of sulfonamides is 1. The van der Waals surface area contributed by atoms with Crippen molar-refractivity contribution in [3.63, 3.8) is 0 Å². The first-order chi connectivity index (χ1) is 12.1. The zero-order valence-electron chi connectivity index (χ0n) is 15.3. The molecule has 5 nitrogen and oxygen atoms in total. The lowest BCUT2D eigenvalue weighted by Crippen LogP contribution is -2.33. The average molecular weight is 378 g/mol. The Labute approximate surface area is 153 Å². The molecule has 0 heterocycles. The molecule has 2 aromatic rings. The fourth-order valence-corrected chi connectivity index (χ4v) is 3.69. The SMILES string of the molecule is Cc1ccc(CNC(=O)c2cccc(S(=O)(=O)N(C)C(C)C)c2)cc1F. The summed E-state index contributed by atoms with van der Waals surface area (Å²) < 4.78 is 39.9. The monoisotopic (exact) mass is 378 g/mol. The number of hydrogen-bond donors (Lipinski definition) is 1. The van der Waals surface area contributed by atoms with E-state index in [9.17, 15) is 17.6 Å². The van der Waals surface area contributed by atoms with Gasteiger partial charge in [0.2, 0.25) is 10.0 Å². The number of amides is 1.